The van der Waals surface area contributed by atoms with Gasteiger partial charge in [-0.2, -0.15) is 0 Å². The van der Waals surface area contributed by atoms with Gasteiger partial charge in [-0.05, 0) is 24.1 Å². The summed E-state index contributed by atoms with van der Waals surface area (Å²) in [6.07, 6.45) is 4.85. The van der Waals surface area contributed by atoms with Crippen molar-refractivity contribution in [2.75, 3.05) is 13.1 Å². The monoisotopic (exact) mass is 304 g/mol. The molecule has 21 heavy (non-hydrogen) atoms. The summed E-state index contributed by atoms with van der Waals surface area (Å²) < 4.78 is 1.68. The molecule has 110 valence electrons. The molecule has 0 saturated carbocycles. The zero-order valence-electron chi connectivity index (χ0n) is 11.7. The van der Waals surface area contributed by atoms with Crippen molar-refractivity contribution in [3.05, 3.63) is 47.2 Å². The van der Waals surface area contributed by atoms with Crippen molar-refractivity contribution < 1.29 is 4.79 Å². The maximum atomic E-state index is 12.2. The predicted octanol–water partition coefficient (Wildman–Crippen LogP) is 2.34. The molecule has 1 aliphatic heterocycles. The molecule has 1 atom stereocenters. The lowest BCUT2D eigenvalue weighted by Crippen LogP contribution is -2.29. The number of nitrogens with zero attached hydrogens (tertiary/aromatic N) is 4. The van der Waals surface area contributed by atoms with Gasteiger partial charge in [0, 0.05) is 36.6 Å². The molecule has 1 saturated heterocycles. The molecule has 6 heteroatoms. The maximum Gasteiger partial charge on any atom is 0.224 e. The average molecular weight is 305 g/mol. The molecule has 5 nitrogen and oxygen atoms in total. The standard InChI is InChI=1S/C15H17ClN4O/c16-14-3-1-2-12(10-14)13-4-7-19(11-13)15(21)5-8-20-9-6-17-18-20/h1-3,6,9-10,13H,4-5,7-8,11H2. The summed E-state index contributed by atoms with van der Waals surface area (Å²) in [7, 11) is 0. The van der Waals surface area contributed by atoms with Crippen LogP contribution in [-0.2, 0) is 11.3 Å². The average Bonchev–Trinajstić information content (AvgIpc) is 3.16. The minimum atomic E-state index is 0.176. The highest BCUT2D eigenvalue weighted by Gasteiger charge is 2.27. The van der Waals surface area contributed by atoms with E-state index >= 15 is 0 Å². The summed E-state index contributed by atoms with van der Waals surface area (Å²) in [5.74, 6) is 0.564. The molecule has 2 heterocycles. The van der Waals surface area contributed by atoms with Gasteiger partial charge >= 0.3 is 0 Å². The molecule has 1 fully saturated rings. The van der Waals surface area contributed by atoms with E-state index in [2.05, 4.69) is 16.4 Å². The largest absolute Gasteiger partial charge is 0.342 e. The number of benzene rings is 1. The summed E-state index contributed by atoms with van der Waals surface area (Å²) in [6, 6.07) is 7.92. The Morgan fingerprint density at radius 2 is 2.33 bits per heavy atom. The highest BCUT2D eigenvalue weighted by molar-refractivity contribution is 6.30. The van der Waals surface area contributed by atoms with Crippen LogP contribution in [0.25, 0.3) is 0 Å². The quantitative estimate of drug-likeness (QED) is 0.871. The first-order valence-corrected chi connectivity index (χ1v) is 7.47. The lowest BCUT2D eigenvalue weighted by atomic mass is 9.99. The summed E-state index contributed by atoms with van der Waals surface area (Å²) in [4.78, 5) is 14.2. The normalized spacial score (nSPS) is 18.1. The minimum Gasteiger partial charge on any atom is -0.342 e. The molecular weight excluding hydrogens is 288 g/mol. The predicted molar refractivity (Wildman–Crippen MR) is 80.0 cm³/mol. The van der Waals surface area contributed by atoms with Gasteiger partial charge < -0.3 is 4.90 Å². The molecule has 1 unspecified atom stereocenters. The summed E-state index contributed by atoms with van der Waals surface area (Å²) >= 11 is 6.03. The van der Waals surface area contributed by atoms with Gasteiger partial charge in [0.15, 0.2) is 0 Å². The van der Waals surface area contributed by atoms with Crippen molar-refractivity contribution in [3.63, 3.8) is 0 Å². The van der Waals surface area contributed by atoms with Crippen molar-refractivity contribution in [1.82, 2.24) is 19.9 Å². The Labute approximate surface area is 128 Å². The molecule has 0 radical (unpaired) electrons. The fraction of sp³-hybridized carbons (Fsp3) is 0.400. The second-order valence-electron chi connectivity index (χ2n) is 5.30. The van der Waals surface area contributed by atoms with Crippen LogP contribution in [0.5, 0.6) is 0 Å². The molecule has 0 spiro atoms. The van der Waals surface area contributed by atoms with Crippen molar-refractivity contribution in [1.29, 1.82) is 0 Å². The van der Waals surface area contributed by atoms with Crippen molar-refractivity contribution >= 4 is 17.5 Å². The van der Waals surface area contributed by atoms with Crippen LogP contribution in [0.3, 0.4) is 0 Å². The summed E-state index contributed by atoms with van der Waals surface area (Å²) in [5, 5.41) is 8.35. The molecule has 2 aromatic rings. The van der Waals surface area contributed by atoms with Crippen molar-refractivity contribution in [2.24, 2.45) is 0 Å². The van der Waals surface area contributed by atoms with E-state index in [1.807, 2.05) is 23.1 Å². The van der Waals surface area contributed by atoms with E-state index in [1.54, 1.807) is 17.1 Å². The van der Waals surface area contributed by atoms with E-state index in [9.17, 15) is 4.79 Å². The molecule has 1 amide bonds. The van der Waals surface area contributed by atoms with Gasteiger partial charge in [0.2, 0.25) is 5.91 Å². The Morgan fingerprint density at radius 1 is 1.43 bits per heavy atom. The molecule has 3 rings (SSSR count). The van der Waals surface area contributed by atoms with Crippen LogP contribution >= 0.6 is 11.6 Å². The van der Waals surface area contributed by atoms with E-state index in [-0.39, 0.29) is 5.91 Å². The number of hydrogen-bond acceptors (Lipinski definition) is 3. The van der Waals surface area contributed by atoms with E-state index in [1.165, 1.54) is 5.56 Å². The van der Waals surface area contributed by atoms with Gasteiger partial charge in [0.1, 0.15) is 0 Å². The molecule has 0 N–H and O–H groups in total. The number of aromatic nitrogens is 3. The summed E-state index contributed by atoms with van der Waals surface area (Å²) in [6.45, 7) is 2.17. The fourth-order valence-electron chi connectivity index (χ4n) is 2.74. The third kappa shape index (κ3) is 3.42. The molecule has 1 aliphatic rings. The van der Waals surface area contributed by atoms with Crippen LogP contribution in [0.2, 0.25) is 5.02 Å². The Balaban J connectivity index is 1.55. The Morgan fingerprint density at radius 3 is 3.10 bits per heavy atom. The Bertz CT molecular complexity index is 614. The number of amides is 1. The van der Waals surface area contributed by atoms with Gasteiger partial charge in [0.25, 0.3) is 0 Å². The van der Waals surface area contributed by atoms with E-state index < -0.39 is 0 Å². The third-order valence-corrected chi connectivity index (χ3v) is 4.12. The van der Waals surface area contributed by atoms with E-state index in [4.69, 9.17) is 11.6 Å². The van der Waals surface area contributed by atoms with E-state index in [0.717, 1.165) is 24.5 Å². The molecule has 0 bridgehead atoms. The minimum absolute atomic E-state index is 0.176. The number of rotatable bonds is 4. The van der Waals surface area contributed by atoms with Crippen LogP contribution in [0.15, 0.2) is 36.7 Å². The third-order valence-electron chi connectivity index (χ3n) is 3.89. The fourth-order valence-corrected chi connectivity index (χ4v) is 2.94. The zero-order valence-corrected chi connectivity index (χ0v) is 12.4. The lowest BCUT2D eigenvalue weighted by Gasteiger charge is -2.16. The molecular formula is C15H17ClN4O. The first kappa shape index (κ1) is 14.1. The van der Waals surface area contributed by atoms with Crippen LogP contribution in [0, 0.1) is 0 Å². The number of halogens is 1. The number of carbonyl (C=O) groups excluding carboxylic acids is 1. The van der Waals surface area contributed by atoms with Crippen LogP contribution in [-0.4, -0.2) is 38.9 Å². The second kappa shape index (κ2) is 6.26. The summed E-state index contributed by atoms with van der Waals surface area (Å²) in [5.41, 5.74) is 1.22. The lowest BCUT2D eigenvalue weighted by molar-refractivity contribution is -0.130. The van der Waals surface area contributed by atoms with Crippen LogP contribution in [0.4, 0.5) is 0 Å². The van der Waals surface area contributed by atoms with Crippen molar-refractivity contribution in [2.45, 2.75) is 25.3 Å². The van der Waals surface area contributed by atoms with Crippen LogP contribution < -0.4 is 0 Å². The molecule has 1 aromatic carbocycles. The Kier molecular flexibility index (Phi) is 4.20. The number of likely N-dealkylation sites (tertiary alicyclic amines) is 1. The highest BCUT2D eigenvalue weighted by Crippen LogP contribution is 2.29. The second-order valence-corrected chi connectivity index (χ2v) is 5.73. The SMILES string of the molecule is O=C(CCn1ccnn1)N1CCC(c2cccc(Cl)c2)C1. The number of hydrogen-bond donors (Lipinski definition) is 0. The number of aryl methyl sites for hydroxylation is 1. The molecule has 0 aliphatic carbocycles. The van der Waals surface area contributed by atoms with Gasteiger partial charge in [-0.3, -0.25) is 9.48 Å². The Hall–Kier alpha value is -1.88. The number of carbonyl (C=O) groups is 1. The van der Waals surface area contributed by atoms with Gasteiger partial charge in [-0.15, -0.1) is 5.10 Å². The molecule has 1 aromatic heterocycles. The highest BCUT2D eigenvalue weighted by atomic mass is 35.5. The van der Waals surface area contributed by atoms with Gasteiger partial charge in [0.05, 0.1) is 12.7 Å². The van der Waals surface area contributed by atoms with Crippen molar-refractivity contribution in [3.8, 4) is 0 Å². The zero-order chi connectivity index (χ0) is 14.7. The maximum absolute atomic E-state index is 12.2. The van der Waals surface area contributed by atoms with Gasteiger partial charge in [-0.1, -0.05) is 28.9 Å². The van der Waals surface area contributed by atoms with Gasteiger partial charge in [-0.25, -0.2) is 0 Å². The first-order chi connectivity index (χ1) is 10.2. The topological polar surface area (TPSA) is 51.0 Å². The van der Waals surface area contributed by atoms with Crippen LogP contribution in [0.1, 0.15) is 24.3 Å². The van der Waals surface area contributed by atoms with E-state index in [0.29, 0.717) is 18.9 Å². The first-order valence-electron chi connectivity index (χ1n) is 7.10. The smallest absolute Gasteiger partial charge is 0.224 e.